The molecule has 0 unspecified atom stereocenters. The molecule has 3 rings (SSSR count). The molecule has 0 saturated heterocycles. The van der Waals surface area contributed by atoms with E-state index in [4.69, 9.17) is 0 Å². The summed E-state index contributed by atoms with van der Waals surface area (Å²) in [5.41, 5.74) is -0.162. The molecule has 1 aromatic heterocycles. The number of hydrogen-bond donors (Lipinski definition) is 2. The number of alkyl halides is 3. The van der Waals surface area contributed by atoms with Gasteiger partial charge in [0.05, 0.1) is 5.56 Å². The fraction of sp³-hybridized carbons (Fsp3) is 0.500. The van der Waals surface area contributed by atoms with E-state index in [1.165, 1.54) is 18.5 Å². The van der Waals surface area contributed by atoms with Crippen molar-refractivity contribution in [2.75, 3.05) is 13.1 Å². The number of nitrogens with zero attached hydrogens (tertiary/aromatic N) is 4. The van der Waals surface area contributed by atoms with Crippen LogP contribution in [0.1, 0.15) is 36.7 Å². The van der Waals surface area contributed by atoms with Gasteiger partial charge in [0, 0.05) is 25.6 Å². The van der Waals surface area contributed by atoms with Crippen LogP contribution in [0.2, 0.25) is 0 Å². The predicted octanol–water partition coefficient (Wildman–Crippen LogP) is 3.24. The Balaban J connectivity index is 0.00000280. The number of benzene rings is 1. The molecule has 0 atom stereocenters. The van der Waals surface area contributed by atoms with Gasteiger partial charge in [-0.1, -0.05) is 18.2 Å². The first-order valence-electron chi connectivity index (χ1n) is 8.87. The van der Waals surface area contributed by atoms with Crippen LogP contribution in [-0.4, -0.2) is 33.8 Å². The number of rotatable bonds is 6. The van der Waals surface area contributed by atoms with E-state index < -0.39 is 11.7 Å². The van der Waals surface area contributed by atoms with Crippen LogP contribution in [0.15, 0.2) is 35.6 Å². The van der Waals surface area contributed by atoms with Crippen molar-refractivity contribution in [3.63, 3.8) is 0 Å². The summed E-state index contributed by atoms with van der Waals surface area (Å²) in [6.45, 7) is 3.53. The SMILES string of the molecule is CCNC(=NCc1ncnn1C)NCC1(c2cccc(C(F)(F)F)c2)CC1.I. The van der Waals surface area contributed by atoms with Crippen molar-refractivity contribution in [3.8, 4) is 0 Å². The van der Waals surface area contributed by atoms with Crippen LogP contribution >= 0.6 is 24.0 Å². The third-order valence-electron chi connectivity index (χ3n) is 4.78. The van der Waals surface area contributed by atoms with Crippen molar-refractivity contribution >= 4 is 29.9 Å². The van der Waals surface area contributed by atoms with Crippen molar-refractivity contribution in [2.24, 2.45) is 12.0 Å². The Morgan fingerprint density at radius 2 is 2.04 bits per heavy atom. The zero-order valence-corrected chi connectivity index (χ0v) is 18.1. The number of aryl methyl sites for hydroxylation is 1. The highest BCUT2D eigenvalue weighted by Crippen LogP contribution is 2.48. The van der Waals surface area contributed by atoms with Gasteiger partial charge in [0.25, 0.3) is 0 Å². The van der Waals surface area contributed by atoms with Crippen LogP contribution in [0.25, 0.3) is 0 Å². The lowest BCUT2D eigenvalue weighted by Gasteiger charge is -2.20. The number of halogens is 4. The number of nitrogens with one attached hydrogen (secondary N) is 2. The van der Waals surface area contributed by atoms with Gasteiger partial charge in [-0.05, 0) is 31.4 Å². The molecule has 1 aliphatic rings. The van der Waals surface area contributed by atoms with E-state index in [1.807, 2.05) is 6.92 Å². The Hall–Kier alpha value is -1.85. The fourth-order valence-corrected chi connectivity index (χ4v) is 2.95. The second-order valence-electron chi connectivity index (χ2n) is 6.71. The van der Waals surface area contributed by atoms with Crippen LogP contribution in [0.4, 0.5) is 13.2 Å². The van der Waals surface area contributed by atoms with Gasteiger partial charge in [0.1, 0.15) is 18.7 Å². The average molecular weight is 508 g/mol. The second kappa shape index (κ2) is 9.10. The minimum atomic E-state index is -4.33. The summed E-state index contributed by atoms with van der Waals surface area (Å²) in [5, 5.41) is 10.4. The fourth-order valence-electron chi connectivity index (χ4n) is 2.95. The summed E-state index contributed by atoms with van der Waals surface area (Å²) in [4.78, 5) is 8.62. The molecule has 0 bridgehead atoms. The molecule has 1 aliphatic carbocycles. The van der Waals surface area contributed by atoms with Gasteiger partial charge in [0.15, 0.2) is 5.96 Å². The minimum Gasteiger partial charge on any atom is -0.357 e. The molecule has 2 aromatic rings. The first kappa shape index (κ1) is 22.4. The Bertz CT molecular complexity index is 814. The molecule has 1 fully saturated rings. The zero-order valence-electron chi connectivity index (χ0n) is 15.8. The van der Waals surface area contributed by atoms with Gasteiger partial charge in [-0.15, -0.1) is 24.0 Å². The standard InChI is InChI=1S/C18H23F3N6.HI/c1-3-22-16(23-10-15-25-12-26-27(15)2)24-11-17(7-8-17)13-5-4-6-14(9-13)18(19,20)21;/h4-6,9,12H,3,7-8,10-11H2,1-2H3,(H2,22,23,24);1H. The number of hydrogen-bond acceptors (Lipinski definition) is 3. The molecule has 0 radical (unpaired) electrons. The Labute approximate surface area is 179 Å². The molecule has 2 N–H and O–H groups in total. The maximum atomic E-state index is 13.0. The van der Waals surface area contributed by atoms with Gasteiger partial charge < -0.3 is 10.6 Å². The van der Waals surface area contributed by atoms with Crippen molar-refractivity contribution in [3.05, 3.63) is 47.5 Å². The molecule has 1 aromatic carbocycles. The zero-order chi connectivity index (χ0) is 19.5. The molecule has 28 heavy (non-hydrogen) atoms. The molecule has 0 amide bonds. The van der Waals surface area contributed by atoms with Crippen LogP contribution < -0.4 is 10.6 Å². The van der Waals surface area contributed by atoms with E-state index in [9.17, 15) is 13.2 Å². The largest absolute Gasteiger partial charge is 0.416 e. The summed E-state index contributed by atoms with van der Waals surface area (Å²) in [6.07, 6.45) is -1.15. The molecule has 1 heterocycles. The number of guanidine groups is 1. The third kappa shape index (κ3) is 5.36. The Morgan fingerprint density at radius 1 is 1.29 bits per heavy atom. The number of aliphatic imine (C=N–C) groups is 1. The van der Waals surface area contributed by atoms with Gasteiger partial charge in [-0.2, -0.15) is 18.3 Å². The van der Waals surface area contributed by atoms with Gasteiger partial charge in [-0.25, -0.2) is 9.98 Å². The normalized spacial score (nSPS) is 15.7. The summed E-state index contributed by atoms with van der Waals surface area (Å²) in [6, 6.07) is 5.62. The van der Waals surface area contributed by atoms with Gasteiger partial charge in [-0.3, -0.25) is 4.68 Å². The maximum absolute atomic E-state index is 13.0. The van der Waals surface area contributed by atoms with E-state index in [0.717, 1.165) is 24.7 Å². The molecule has 0 spiro atoms. The van der Waals surface area contributed by atoms with Crippen LogP contribution in [-0.2, 0) is 25.2 Å². The monoisotopic (exact) mass is 508 g/mol. The van der Waals surface area contributed by atoms with Crippen LogP contribution in [0.3, 0.4) is 0 Å². The predicted molar refractivity (Wildman–Crippen MR) is 112 cm³/mol. The van der Waals surface area contributed by atoms with E-state index in [2.05, 4.69) is 25.7 Å². The van der Waals surface area contributed by atoms with Gasteiger partial charge in [0.2, 0.25) is 0 Å². The highest BCUT2D eigenvalue weighted by molar-refractivity contribution is 14.0. The Morgan fingerprint density at radius 3 is 2.61 bits per heavy atom. The first-order valence-corrected chi connectivity index (χ1v) is 8.87. The summed E-state index contributed by atoms with van der Waals surface area (Å²) < 4.78 is 40.7. The third-order valence-corrected chi connectivity index (χ3v) is 4.78. The summed E-state index contributed by atoms with van der Waals surface area (Å²) >= 11 is 0. The number of aromatic nitrogens is 3. The van der Waals surface area contributed by atoms with E-state index in [0.29, 0.717) is 31.2 Å². The molecule has 0 aliphatic heterocycles. The summed E-state index contributed by atoms with van der Waals surface area (Å²) in [5.74, 6) is 1.34. The van der Waals surface area contributed by atoms with Crippen LogP contribution in [0.5, 0.6) is 0 Å². The van der Waals surface area contributed by atoms with Gasteiger partial charge >= 0.3 is 6.18 Å². The molecule has 10 heteroatoms. The molecular weight excluding hydrogens is 484 g/mol. The Kier molecular flexibility index (Phi) is 7.29. The van der Waals surface area contributed by atoms with E-state index in [1.54, 1.807) is 17.8 Å². The lowest BCUT2D eigenvalue weighted by atomic mass is 9.94. The first-order chi connectivity index (χ1) is 12.8. The van der Waals surface area contributed by atoms with Crippen molar-refractivity contribution in [2.45, 2.75) is 37.9 Å². The average Bonchev–Trinajstić information content (AvgIpc) is 3.32. The van der Waals surface area contributed by atoms with Crippen molar-refractivity contribution < 1.29 is 13.2 Å². The van der Waals surface area contributed by atoms with Crippen LogP contribution in [0, 0.1) is 0 Å². The highest BCUT2D eigenvalue weighted by atomic mass is 127. The van der Waals surface area contributed by atoms with E-state index in [-0.39, 0.29) is 29.4 Å². The molecule has 154 valence electrons. The second-order valence-corrected chi connectivity index (χ2v) is 6.71. The molecule has 1 saturated carbocycles. The lowest BCUT2D eigenvalue weighted by Crippen LogP contribution is -2.41. The van der Waals surface area contributed by atoms with Crippen molar-refractivity contribution in [1.29, 1.82) is 0 Å². The van der Waals surface area contributed by atoms with E-state index >= 15 is 0 Å². The topological polar surface area (TPSA) is 67.1 Å². The highest BCUT2D eigenvalue weighted by Gasteiger charge is 2.45. The quantitative estimate of drug-likeness (QED) is 0.358. The summed E-state index contributed by atoms with van der Waals surface area (Å²) in [7, 11) is 1.80. The maximum Gasteiger partial charge on any atom is 0.416 e. The lowest BCUT2D eigenvalue weighted by molar-refractivity contribution is -0.137. The van der Waals surface area contributed by atoms with Crippen molar-refractivity contribution in [1.82, 2.24) is 25.4 Å². The molecule has 6 nitrogen and oxygen atoms in total. The smallest absolute Gasteiger partial charge is 0.357 e. The minimum absolute atomic E-state index is 0. The molecular formula is C18H24F3IN6.